The first kappa shape index (κ1) is 14.1. The van der Waals surface area contributed by atoms with Gasteiger partial charge in [-0.2, -0.15) is 0 Å². The standard InChI is InChI=1S/C17H16NO4/c1-21-15-9-12-8-13(7-11-3-5-18(20)6-4-11)17(19)14(12)10-16(15)22-2/h3-7,9-10,20H,8H2,1-2H3/q+1/b13-7+. The normalized spacial score (nSPS) is 15.0. The molecule has 0 saturated heterocycles. The fourth-order valence-corrected chi connectivity index (χ4v) is 2.58. The van der Waals surface area contributed by atoms with Gasteiger partial charge >= 0.3 is 0 Å². The van der Waals surface area contributed by atoms with Crippen LogP contribution in [0.5, 0.6) is 11.5 Å². The fourth-order valence-electron chi connectivity index (χ4n) is 2.58. The minimum Gasteiger partial charge on any atom is -0.493 e. The molecule has 22 heavy (non-hydrogen) atoms. The van der Waals surface area contributed by atoms with Crippen LogP contribution in [0.1, 0.15) is 21.5 Å². The van der Waals surface area contributed by atoms with E-state index < -0.39 is 0 Å². The summed E-state index contributed by atoms with van der Waals surface area (Å²) in [5.74, 6) is 1.17. The van der Waals surface area contributed by atoms with Gasteiger partial charge in [0.1, 0.15) is 0 Å². The summed E-state index contributed by atoms with van der Waals surface area (Å²) in [5.41, 5.74) is 3.15. The van der Waals surface area contributed by atoms with Gasteiger partial charge in [0.25, 0.3) is 0 Å². The number of Topliss-reactive ketones (excluding diaryl/α,β-unsaturated/α-hetero) is 1. The lowest BCUT2D eigenvalue weighted by Crippen LogP contribution is -2.27. The van der Waals surface area contributed by atoms with Gasteiger partial charge in [0.05, 0.1) is 14.2 Å². The monoisotopic (exact) mass is 298 g/mol. The molecular weight excluding hydrogens is 282 g/mol. The van der Waals surface area contributed by atoms with Crippen LogP contribution in [0.4, 0.5) is 0 Å². The Bertz CT molecular complexity index is 763. The van der Waals surface area contributed by atoms with Gasteiger partial charge in [-0.25, -0.2) is 0 Å². The Hall–Kier alpha value is -2.82. The number of methoxy groups -OCH3 is 2. The average molecular weight is 298 g/mol. The van der Waals surface area contributed by atoms with Crippen molar-refractivity contribution >= 4 is 11.9 Å². The molecule has 0 aliphatic heterocycles. The third-order valence-corrected chi connectivity index (χ3v) is 3.71. The number of ketones is 1. The summed E-state index contributed by atoms with van der Waals surface area (Å²) in [6, 6.07) is 7.05. The number of aromatic nitrogens is 1. The number of nitrogens with zero attached hydrogens (tertiary/aromatic N) is 1. The number of hydrogen-bond acceptors (Lipinski definition) is 4. The van der Waals surface area contributed by atoms with Crippen LogP contribution >= 0.6 is 0 Å². The number of hydrogen-bond donors (Lipinski definition) is 1. The first-order valence-corrected chi connectivity index (χ1v) is 6.83. The minimum atomic E-state index is -0.00307. The van der Waals surface area contributed by atoms with Crippen molar-refractivity contribution in [2.45, 2.75) is 6.42 Å². The second-order valence-corrected chi connectivity index (χ2v) is 5.05. The van der Waals surface area contributed by atoms with Crippen LogP contribution in [0.15, 0.2) is 42.2 Å². The molecule has 1 aliphatic rings. The predicted molar refractivity (Wildman–Crippen MR) is 79.4 cm³/mol. The Morgan fingerprint density at radius 3 is 2.41 bits per heavy atom. The molecule has 1 N–H and O–H groups in total. The van der Waals surface area contributed by atoms with Crippen LogP contribution < -0.4 is 14.2 Å². The summed E-state index contributed by atoms with van der Waals surface area (Å²) in [7, 11) is 3.13. The lowest BCUT2D eigenvalue weighted by Gasteiger charge is -2.08. The molecule has 0 spiro atoms. The lowest BCUT2D eigenvalue weighted by molar-refractivity contribution is -0.904. The fraction of sp³-hybridized carbons (Fsp3) is 0.176. The number of pyridine rings is 1. The van der Waals surface area contributed by atoms with E-state index in [9.17, 15) is 10.0 Å². The molecule has 0 atom stereocenters. The SMILES string of the molecule is COc1cc2c(cc1OC)C(=O)/C(=C/c1cc[n+](O)cc1)C2. The summed E-state index contributed by atoms with van der Waals surface area (Å²) in [6.45, 7) is 0. The summed E-state index contributed by atoms with van der Waals surface area (Å²) >= 11 is 0. The maximum Gasteiger partial charge on any atom is 0.222 e. The van der Waals surface area contributed by atoms with E-state index >= 15 is 0 Å². The largest absolute Gasteiger partial charge is 0.493 e. The highest BCUT2D eigenvalue weighted by atomic mass is 16.5. The molecule has 5 heteroatoms. The highest BCUT2D eigenvalue weighted by molar-refractivity contribution is 6.15. The van der Waals surface area contributed by atoms with Crippen LogP contribution in [-0.4, -0.2) is 25.2 Å². The molecule has 1 aromatic heterocycles. The van der Waals surface area contributed by atoms with Crippen molar-refractivity contribution < 1.29 is 24.2 Å². The van der Waals surface area contributed by atoms with Crippen LogP contribution in [0, 0.1) is 0 Å². The number of allylic oxidation sites excluding steroid dienone is 1. The van der Waals surface area contributed by atoms with Crippen molar-refractivity contribution in [1.82, 2.24) is 0 Å². The van der Waals surface area contributed by atoms with Crippen molar-refractivity contribution in [3.05, 3.63) is 58.9 Å². The van der Waals surface area contributed by atoms with Crippen LogP contribution in [0.2, 0.25) is 0 Å². The molecule has 3 rings (SSSR count). The maximum atomic E-state index is 12.5. The molecular formula is C17H16NO4+. The van der Waals surface area contributed by atoms with E-state index in [1.165, 1.54) is 12.4 Å². The molecule has 1 heterocycles. The van der Waals surface area contributed by atoms with Gasteiger partial charge < -0.3 is 9.47 Å². The molecule has 0 fully saturated rings. The van der Waals surface area contributed by atoms with Gasteiger partial charge in [-0.15, -0.1) is 0 Å². The number of benzene rings is 1. The van der Waals surface area contributed by atoms with Crippen molar-refractivity contribution in [3.63, 3.8) is 0 Å². The highest BCUT2D eigenvalue weighted by Crippen LogP contribution is 2.36. The van der Waals surface area contributed by atoms with Gasteiger partial charge in [-0.05, 0) is 29.3 Å². The van der Waals surface area contributed by atoms with E-state index in [0.717, 1.165) is 15.9 Å². The average Bonchev–Trinajstić information content (AvgIpc) is 2.83. The van der Waals surface area contributed by atoms with Gasteiger partial charge in [-0.3, -0.25) is 10.0 Å². The van der Waals surface area contributed by atoms with E-state index in [0.29, 0.717) is 29.1 Å². The first-order valence-electron chi connectivity index (χ1n) is 6.83. The summed E-state index contributed by atoms with van der Waals surface area (Å²) < 4.78 is 11.5. The van der Waals surface area contributed by atoms with E-state index in [-0.39, 0.29) is 5.78 Å². The molecule has 0 amide bonds. The Kier molecular flexibility index (Phi) is 3.55. The topological polar surface area (TPSA) is 59.6 Å². The molecule has 2 aromatic rings. The smallest absolute Gasteiger partial charge is 0.222 e. The number of fused-ring (bicyclic) bond motifs is 1. The third-order valence-electron chi connectivity index (χ3n) is 3.71. The van der Waals surface area contributed by atoms with E-state index in [4.69, 9.17) is 9.47 Å². The van der Waals surface area contributed by atoms with Gasteiger partial charge in [0.15, 0.2) is 17.3 Å². The number of carbonyl (C=O) groups excluding carboxylic acids is 1. The van der Waals surface area contributed by atoms with Crippen molar-refractivity contribution in [3.8, 4) is 11.5 Å². The molecule has 1 aromatic carbocycles. The van der Waals surface area contributed by atoms with E-state index in [1.807, 2.05) is 12.1 Å². The summed E-state index contributed by atoms with van der Waals surface area (Å²) in [4.78, 5) is 12.5. The number of rotatable bonds is 3. The second kappa shape index (κ2) is 5.52. The zero-order chi connectivity index (χ0) is 15.7. The summed E-state index contributed by atoms with van der Waals surface area (Å²) in [6.07, 6.45) is 5.43. The number of carbonyl (C=O) groups is 1. The van der Waals surface area contributed by atoms with Gasteiger partial charge in [0, 0.05) is 34.4 Å². The molecule has 0 saturated carbocycles. The molecule has 0 unspecified atom stereocenters. The lowest BCUT2D eigenvalue weighted by atomic mass is 10.1. The number of ether oxygens (including phenoxy) is 2. The van der Waals surface area contributed by atoms with E-state index in [1.54, 1.807) is 32.4 Å². The van der Waals surface area contributed by atoms with Gasteiger partial charge in [-0.1, -0.05) is 0 Å². The second-order valence-electron chi connectivity index (χ2n) is 5.05. The van der Waals surface area contributed by atoms with Crippen LogP contribution in [0.3, 0.4) is 0 Å². The van der Waals surface area contributed by atoms with Gasteiger partial charge in [0.2, 0.25) is 12.4 Å². The van der Waals surface area contributed by atoms with Crippen molar-refractivity contribution in [1.29, 1.82) is 0 Å². The van der Waals surface area contributed by atoms with Crippen LogP contribution in [-0.2, 0) is 6.42 Å². The van der Waals surface area contributed by atoms with Crippen LogP contribution in [0.25, 0.3) is 6.08 Å². The summed E-state index contributed by atoms with van der Waals surface area (Å²) in [5, 5.41) is 9.23. The van der Waals surface area contributed by atoms with E-state index in [2.05, 4.69) is 0 Å². The predicted octanol–water partition coefficient (Wildman–Crippen LogP) is 2.05. The molecule has 0 bridgehead atoms. The zero-order valence-corrected chi connectivity index (χ0v) is 12.4. The zero-order valence-electron chi connectivity index (χ0n) is 12.4. The van der Waals surface area contributed by atoms with Crippen molar-refractivity contribution in [2.75, 3.05) is 14.2 Å². The third kappa shape index (κ3) is 2.41. The molecule has 0 radical (unpaired) electrons. The minimum absolute atomic E-state index is 0.00307. The maximum absolute atomic E-state index is 12.5. The Morgan fingerprint density at radius 1 is 1.14 bits per heavy atom. The molecule has 112 valence electrons. The Morgan fingerprint density at radius 2 is 1.77 bits per heavy atom. The first-order chi connectivity index (χ1) is 10.6. The Balaban J connectivity index is 1.98. The quantitative estimate of drug-likeness (QED) is 0.535. The highest BCUT2D eigenvalue weighted by Gasteiger charge is 2.27. The molecule has 1 aliphatic carbocycles. The molecule has 5 nitrogen and oxygen atoms in total. The Labute approximate surface area is 128 Å². The van der Waals surface area contributed by atoms with Crippen molar-refractivity contribution in [2.24, 2.45) is 0 Å².